The highest BCUT2D eigenvalue weighted by Gasteiger charge is 2.19. The van der Waals surface area contributed by atoms with Gasteiger partial charge in [-0.2, -0.15) is 0 Å². The number of amides is 1. The van der Waals surface area contributed by atoms with Crippen molar-refractivity contribution < 1.29 is 4.79 Å². The second-order valence-corrected chi connectivity index (χ2v) is 8.84. The molecule has 1 atom stereocenters. The number of nitrogens with zero attached hydrogens (tertiary/aromatic N) is 3. The Bertz CT molecular complexity index is 999. The number of piperazine rings is 1. The molecule has 0 aromatic heterocycles. The van der Waals surface area contributed by atoms with Gasteiger partial charge in [0.2, 0.25) is 5.91 Å². The molecule has 1 saturated heterocycles. The summed E-state index contributed by atoms with van der Waals surface area (Å²) in [6.45, 7) is 7.73. The molecule has 0 radical (unpaired) electrons. The molecule has 3 aromatic rings. The fourth-order valence-corrected chi connectivity index (χ4v) is 4.35. The average Bonchev–Trinajstić information content (AvgIpc) is 2.86. The van der Waals surface area contributed by atoms with Gasteiger partial charge in [0.25, 0.3) is 0 Å². The monoisotopic (exact) mass is 442 g/mol. The predicted molar refractivity (Wildman–Crippen MR) is 136 cm³/mol. The molecule has 1 unspecified atom stereocenters. The van der Waals surface area contributed by atoms with Gasteiger partial charge in [0, 0.05) is 57.7 Å². The van der Waals surface area contributed by atoms with E-state index in [2.05, 4.69) is 69.7 Å². The molecule has 0 bridgehead atoms. The van der Waals surface area contributed by atoms with Crippen LogP contribution in [0.15, 0.2) is 84.9 Å². The van der Waals surface area contributed by atoms with Crippen LogP contribution in [-0.4, -0.2) is 55.0 Å². The van der Waals surface area contributed by atoms with Crippen molar-refractivity contribution in [2.45, 2.75) is 26.1 Å². The minimum absolute atomic E-state index is 0.0810. The average molecular weight is 443 g/mol. The second kappa shape index (κ2) is 11.0. The zero-order valence-electron chi connectivity index (χ0n) is 19.7. The van der Waals surface area contributed by atoms with E-state index in [-0.39, 0.29) is 11.9 Å². The SMILES string of the molecule is CC(Nc1ccc(N2CCN(Cc3ccccc3)CC2)cc1)C(=O)N(C)Cc1ccccc1. The molecule has 172 valence electrons. The largest absolute Gasteiger partial charge is 0.374 e. The molecule has 1 amide bonds. The van der Waals surface area contributed by atoms with Crippen molar-refractivity contribution in [3.8, 4) is 0 Å². The van der Waals surface area contributed by atoms with E-state index in [0.717, 1.165) is 44.0 Å². The Morgan fingerprint density at radius 3 is 2.03 bits per heavy atom. The third-order valence-electron chi connectivity index (χ3n) is 6.25. The summed E-state index contributed by atoms with van der Waals surface area (Å²) in [5.41, 5.74) is 4.71. The highest BCUT2D eigenvalue weighted by atomic mass is 16.2. The Kier molecular flexibility index (Phi) is 7.63. The Morgan fingerprint density at radius 2 is 1.42 bits per heavy atom. The third-order valence-corrected chi connectivity index (χ3v) is 6.25. The third kappa shape index (κ3) is 6.36. The highest BCUT2D eigenvalue weighted by molar-refractivity contribution is 5.84. The molecule has 5 heteroatoms. The maximum absolute atomic E-state index is 12.8. The molecule has 1 fully saturated rings. The van der Waals surface area contributed by atoms with Gasteiger partial charge in [0.05, 0.1) is 0 Å². The van der Waals surface area contributed by atoms with Gasteiger partial charge < -0.3 is 15.1 Å². The van der Waals surface area contributed by atoms with Crippen LogP contribution in [0, 0.1) is 0 Å². The second-order valence-electron chi connectivity index (χ2n) is 8.84. The van der Waals surface area contributed by atoms with Crippen molar-refractivity contribution in [3.05, 3.63) is 96.1 Å². The summed E-state index contributed by atoms with van der Waals surface area (Å²) < 4.78 is 0. The molecular formula is C28H34N4O. The van der Waals surface area contributed by atoms with Crippen molar-refractivity contribution in [1.82, 2.24) is 9.80 Å². The van der Waals surface area contributed by atoms with E-state index in [1.165, 1.54) is 11.3 Å². The van der Waals surface area contributed by atoms with Crippen LogP contribution < -0.4 is 10.2 Å². The number of anilines is 2. The smallest absolute Gasteiger partial charge is 0.244 e. The lowest BCUT2D eigenvalue weighted by Gasteiger charge is -2.36. The fraction of sp³-hybridized carbons (Fsp3) is 0.321. The number of hydrogen-bond acceptors (Lipinski definition) is 4. The van der Waals surface area contributed by atoms with Gasteiger partial charge in [-0.05, 0) is 42.3 Å². The van der Waals surface area contributed by atoms with Gasteiger partial charge in [-0.15, -0.1) is 0 Å². The minimum Gasteiger partial charge on any atom is -0.374 e. The summed E-state index contributed by atoms with van der Waals surface area (Å²) in [6.07, 6.45) is 0. The van der Waals surface area contributed by atoms with Crippen molar-refractivity contribution >= 4 is 17.3 Å². The number of rotatable bonds is 8. The van der Waals surface area contributed by atoms with Crippen LogP contribution in [0.5, 0.6) is 0 Å². The first-order valence-electron chi connectivity index (χ1n) is 11.8. The lowest BCUT2D eigenvalue weighted by atomic mass is 10.1. The lowest BCUT2D eigenvalue weighted by Crippen LogP contribution is -2.45. The molecule has 1 aliphatic rings. The molecule has 5 nitrogen and oxygen atoms in total. The lowest BCUT2D eigenvalue weighted by molar-refractivity contribution is -0.130. The molecule has 33 heavy (non-hydrogen) atoms. The molecule has 1 heterocycles. The number of likely N-dealkylation sites (N-methyl/N-ethyl adjacent to an activating group) is 1. The maximum atomic E-state index is 12.8. The molecule has 3 aromatic carbocycles. The summed E-state index contributed by atoms with van der Waals surface area (Å²) >= 11 is 0. The first-order valence-corrected chi connectivity index (χ1v) is 11.8. The number of hydrogen-bond donors (Lipinski definition) is 1. The Hall–Kier alpha value is -3.31. The highest BCUT2D eigenvalue weighted by Crippen LogP contribution is 2.21. The molecule has 0 aliphatic carbocycles. The van der Waals surface area contributed by atoms with Gasteiger partial charge in [0.1, 0.15) is 6.04 Å². The summed E-state index contributed by atoms with van der Waals surface area (Å²) in [5, 5.41) is 3.35. The van der Waals surface area contributed by atoms with Crippen LogP contribution in [0.25, 0.3) is 0 Å². The van der Waals surface area contributed by atoms with Crippen LogP contribution >= 0.6 is 0 Å². The molecule has 0 saturated carbocycles. The first-order chi connectivity index (χ1) is 16.1. The van der Waals surface area contributed by atoms with Crippen LogP contribution in [0.1, 0.15) is 18.1 Å². The molecular weight excluding hydrogens is 408 g/mol. The van der Waals surface area contributed by atoms with Gasteiger partial charge in [-0.25, -0.2) is 0 Å². The van der Waals surface area contributed by atoms with E-state index < -0.39 is 0 Å². The van der Waals surface area contributed by atoms with Crippen LogP contribution in [0.4, 0.5) is 11.4 Å². The first kappa shape index (κ1) is 22.9. The van der Waals surface area contributed by atoms with Gasteiger partial charge in [-0.3, -0.25) is 9.69 Å². The minimum atomic E-state index is -0.286. The maximum Gasteiger partial charge on any atom is 0.244 e. The molecule has 0 spiro atoms. The van der Waals surface area contributed by atoms with E-state index in [4.69, 9.17) is 0 Å². The van der Waals surface area contributed by atoms with Gasteiger partial charge in [0.15, 0.2) is 0 Å². The summed E-state index contributed by atoms with van der Waals surface area (Å²) in [7, 11) is 1.86. The standard InChI is InChI=1S/C28H34N4O/c1-23(28(33)30(2)21-24-9-5-3-6-10-24)29-26-13-15-27(16-14-26)32-19-17-31(18-20-32)22-25-11-7-4-8-12-25/h3-16,23,29H,17-22H2,1-2H3. The van der Waals surface area contributed by atoms with Crippen LogP contribution in [-0.2, 0) is 17.9 Å². The van der Waals surface area contributed by atoms with Crippen molar-refractivity contribution in [1.29, 1.82) is 0 Å². The fourth-order valence-electron chi connectivity index (χ4n) is 4.35. The summed E-state index contributed by atoms with van der Waals surface area (Å²) in [5.74, 6) is 0.0810. The van der Waals surface area contributed by atoms with Crippen molar-refractivity contribution in [2.24, 2.45) is 0 Å². The zero-order valence-corrected chi connectivity index (χ0v) is 19.7. The number of benzene rings is 3. The quantitative estimate of drug-likeness (QED) is 0.559. The zero-order chi connectivity index (χ0) is 23.0. The van der Waals surface area contributed by atoms with E-state index in [1.54, 1.807) is 4.90 Å². The van der Waals surface area contributed by atoms with Crippen molar-refractivity contribution in [2.75, 3.05) is 43.4 Å². The molecule has 4 rings (SSSR count). The van der Waals surface area contributed by atoms with Gasteiger partial charge in [-0.1, -0.05) is 60.7 Å². The number of nitrogens with one attached hydrogen (secondary N) is 1. The van der Waals surface area contributed by atoms with Crippen molar-refractivity contribution in [3.63, 3.8) is 0 Å². The van der Waals surface area contributed by atoms with Crippen LogP contribution in [0.2, 0.25) is 0 Å². The normalized spacial score (nSPS) is 15.2. The van der Waals surface area contributed by atoms with E-state index >= 15 is 0 Å². The number of carbonyl (C=O) groups excluding carboxylic acids is 1. The Labute approximate surface area is 197 Å². The number of carbonyl (C=O) groups is 1. The molecule has 1 aliphatic heterocycles. The summed E-state index contributed by atoms with van der Waals surface area (Å²) in [6, 6.07) is 28.9. The predicted octanol–water partition coefficient (Wildman–Crippen LogP) is 4.47. The van der Waals surface area contributed by atoms with E-state index in [9.17, 15) is 4.79 Å². The topological polar surface area (TPSA) is 38.8 Å². The summed E-state index contributed by atoms with van der Waals surface area (Å²) in [4.78, 5) is 19.5. The van der Waals surface area contributed by atoms with E-state index in [0.29, 0.717) is 6.54 Å². The van der Waals surface area contributed by atoms with Crippen LogP contribution in [0.3, 0.4) is 0 Å². The van der Waals surface area contributed by atoms with Gasteiger partial charge >= 0.3 is 0 Å². The Balaban J connectivity index is 1.25. The molecule has 1 N–H and O–H groups in total. The Morgan fingerprint density at radius 1 is 0.848 bits per heavy atom. The van der Waals surface area contributed by atoms with E-state index in [1.807, 2.05) is 44.3 Å².